The molecule has 0 atom stereocenters. The molecule has 0 saturated carbocycles. The first kappa shape index (κ1) is 73.8. The standard InChI is InChI=1S/C123H74N10O/c1-5-25-85(26-6-1)127-105-39-19-13-33-89(105)95-65-75(45-55-110(95)127)80-50-60-115-100(70-80)101-71-81(76-46-56-111-96(66-76)90-34-14-20-40-106(90)128(111)86-27-7-2-8-28-86)51-61-116(101)132(115)122-124-121(131-109-43-23-17-37-93(109)99-69-79(49-59-114(99)131)84-54-64-120-104(74-84)94-38-18-24-44-119(94)134-120)125-123(126-122)133-117-62-52-82(77-47-57-112-97(67-77)91-35-15-21-41-107(91)129(112)87-29-9-3-10-30-87)72-102(117)103-73-83(53-63-118(103)133)78-48-58-113-98(68-78)92-36-16-22-42-108(92)130(113)88-31-11-4-12-32-88/h1-74H. The number of hydrogen-bond donors (Lipinski definition) is 0. The van der Waals surface area contributed by atoms with Crippen LogP contribution in [0.25, 0.3) is 271 Å². The van der Waals surface area contributed by atoms with Gasteiger partial charge in [0.1, 0.15) is 11.2 Å². The molecule has 11 nitrogen and oxygen atoms in total. The minimum Gasteiger partial charge on any atom is -0.456 e. The van der Waals surface area contributed by atoms with Crippen molar-refractivity contribution < 1.29 is 4.42 Å². The predicted octanol–water partition coefficient (Wildman–Crippen LogP) is 31.8. The lowest BCUT2D eigenvalue weighted by Crippen LogP contribution is -2.13. The summed E-state index contributed by atoms with van der Waals surface area (Å²) in [6.45, 7) is 0. The van der Waals surface area contributed by atoms with E-state index in [0.717, 1.165) is 210 Å². The molecule has 134 heavy (non-hydrogen) atoms. The molecule has 29 aromatic rings. The van der Waals surface area contributed by atoms with E-state index < -0.39 is 0 Å². The third kappa shape index (κ3) is 11.1. The van der Waals surface area contributed by atoms with Crippen LogP contribution in [0.5, 0.6) is 0 Å². The Bertz CT molecular complexity index is 9150. The molecular weight excluding hydrogens is 1630 g/mol. The van der Waals surface area contributed by atoms with E-state index in [-0.39, 0.29) is 0 Å². The molecule has 0 aliphatic heterocycles. The average molecular weight is 1710 g/mol. The lowest BCUT2D eigenvalue weighted by atomic mass is 9.98. The van der Waals surface area contributed by atoms with Gasteiger partial charge in [0, 0.05) is 109 Å². The van der Waals surface area contributed by atoms with E-state index >= 15 is 0 Å². The summed E-state index contributed by atoms with van der Waals surface area (Å²) < 4.78 is 22.8. The topological polar surface area (TPSA) is 86.3 Å². The second kappa shape index (κ2) is 28.7. The van der Waals surface area contributed by atoms with Gasteiger partial charge in [0.2, 0.25) is 17.8 Å². The molecule has 0 amide bonds. The largest absolute Gasteiger partial charge is 0.456 e. The highest BCUT2D eigenvalue weighted by atomic mass is 16.3. The number of hydrogen-bond acceptors (Lipinski definition) is 4. The van der Waals surface area contributed by atoms with Crippen molar-refractivity contribution in [3.05, 3.63) is 449 Å². The van der Waals surface area contributed by atoms with Crippen LogP contribution in [-0.4, -0.2) is 46.9 Å². The molecule has 0 N–H and O–H groups in total. The molecule has 9 aromatic heterocycles. The van der Waals surface area contributed by atoms with Crippen LogP contribution in [0.3, 0.4) is 0 Å². The van der Waals surface area contributed by atoms with Crippen molar-refractivity contribution >= 4 is 175 Å². The fourth-order valence-electron chi connectivity index (χ4n) is 22.1. The van der Waals surface area contributed by atoms with Gasteiger partial charge < -0.3 is 22.7 Å². The fourth-order valence-corrected chi connectivity index (χ4v) is 22.1. The fraction of sp³-hybridized carbons (Fsp3) is 0. The van der Waals surface area contributed by atoms with Crippen molar-refractivity contribution in [3.8, 4) is 96.2 Å². The third-order valence-corrected chi connectivity index (χ3v) is 28.2. The number of fused-ring (bicyclic) bond motifs is 24. The van der Waals surface area contributed by atoms with E-state index in [2.05, 4.69) is 469 Å². The maximum atomic E-state index is 6.41. The van der Waals surface area contributed by atoms with E-state index in [9.17, 15) is 0 Å². The van der Waals surface area contributed by atoms with Crippen molar-refractivity contribution in [1.29, 1.82) is 0 Å². The van der Waals surface area contributed by atoms with Crippen LogP contribution in [0.15, 0.2) is 453 Å². The summed E-state index contributed by atoms with van der Waals surface area (Å²) in [4.78, 5) is 18.0. The number of para-hydroxylation sites is 10. The Hall–Kier alpha value is -18.2. The van der Waals surface area contributed by atoms with Gasteiger partial charge in [0.25, 0.3) is 0 Å². The maximum absolute atomic E-state index is 6.41. The summed E-state index contributed by atoms with van der Waals surface area (Å²) in [5.74, 6) is 1.36. The summed E-state index contributed by atoms with van der Waals surface area (Å²) in [6, 6.07) is 164. The Labute approximate surface area is 765 Å². The third-order valence-electron chi connectivity index (χ3n) is 28.2. The zero-order valence-electron chi connectivity index (χ0n) is 72.1. The molecule has 29 rings (SSSR count). The molecule has 0 fully saturated rings. The van der Waals surface area contributed by atoms with Crippen LogP contribution in [0, 0.1) is 0 Å². The highest BCUT2D eigenvalue weighted by Gasteiger charge is 2.28. The van der Waals surface area contributed by atoms with Gasteiger partial charge in [-0.05, 0) is 262 Å². The zero-order chi connectivity index (χ0) is 87.5. The van der Waals surface area contributed by atoms with Crippen LogP contribution in [0.1, 0.15) is 0 Å². The molecule has 0 spiro atoms. The Morgan fingerprint density at radius 2 is 0.299 bits per heavy atom. The van der Waals surface area contributed by atoms with Gasteiger partial charge in [-0.1, -0.05) is 243 Å². The van der Waals surface area contributed by atoms with E-state index in [0.29, 0.717) is 17.8 Å². The van der Waals surface area contributed by atoms with Gasteiger partial charge in [0.05, 0.1) is 77.2 Å². The van der Waals surface area contributed by atoms with E-state index in [1.54, 1.807) is 0 Å². The van der Waals surface area contributed by atoms with Gasteiger partial charge in [-0.3, -0.25) is 13.7 Å². The lowest BCUT2D eigenvalue weighted by molar-refractivity contribution is 0.669. The molecule has 0 radical (unpaired) electrons. The van der Waals surface area contributed by atoms with Crippen LogP contribution in [-0.2, 0) is 0 Å². The second-order valence-corrected chi connectivity index (χ2v) is 35.4. The molecular formula is C123H74N10O. The first-order valence-corrected chi connectivity index (χ1v) is 45.7. The summed E-state index contributed by atoms with van der Waals surface area (Å²) >= 11 is 0. The molecule has 0 aliphatic carbocycles. The summed E-state index contributed by atoms with van der Waals surface area (Å²) in [5.41, 5.74) is 31.9. The second-order valence-electron chi connectivity index (χ2n) is 35.4. The minimum absolute atomic E-state index is 0.452. The highest BCUT2D eigenvalue weighted by molar-refractivity contribution is 6.19. The average Bonchev–Trinajstić information content (AvgIpc) is 1.53. The number of benzene rings is 20. The number of aromatic nitrogens is 10. The molecule has 0 bridgehead atoms. The molecule has 20 aromatic carbocycles. The molecule has 9 heterocycles. The van der Waals surface area contributed by atoms with Crippen molar-refractivity contribution in [2.24, 2.45) is 0 Å². The normalized spacial score (nSPS) is 12.2. The van der Waals surface area contributed by atoms with Gasteiger partial charge in [-0.2, -0.15) is 15.0 Å². The van der Waals surface area contributed by atoms with Crippen molar-refractivity contribution in [2.45, 2.75) is 0 Å². The van der Waals surface area contributed by atoms with Crippen LogP contribution in [0.2, 0.25) is 0 Å². The monoisotopic (exact) mass is 1710 g/mol. The zero-order valence-corrected chi connectivity index (χ0v) is 72.1. The summed E-state index contributed by atoms with van der Waals surface area (Å²) in [6.07, 6.45) is 0. The predicted molar refractivity (Wildman–Crippen MR) is 555 cm³/mol. The first-order valence-electron chi connectivity index (χ1n) is 45.7. The highest BCUT2D eigenvalue weighted by Crippen LogP contribution is 2.47. The molecule has 0 saturated heterocycles. The molecule has 622 valence electrons. The van der Waals surface area contributed by atoms with Gasteiger partial charge >= 0.3 is 0 Å². The summed E-state index contributed by atoms with van der Waals surface area (Å²) in [7, 11) is 0. The minimum atomic E-state index is 0.452. The molecule has 11 heteroatoms. The Kier molecular flexibility index (Phi) is 15.8. The number of nitrogens with zero attached hydrogens (tertiary/aromatic N) is 10. The number of rotatable bonds is 12. The van der Waals surface area contributed by atoms with Crippen molar-refractivity contribution in [3.63, 3.8) is 0 Å². The SMILES string of the molecule is c1ccc(-n2c3ccccc3c3cc(-c4ccc5c(c4)c4cc(-c6ccc7c(c6)c6ccccc6n7-c6ccccc6)ccc4n5-c4nc(-n5c6ccccc6c6cc(-c7ccc8oc9ccccc9c8c7)ccc65)nc(-n5c6ccc(-c7ccc8c(c7)c7ccccc7n8-c7ccccc7)cc6c6cc(-c7ccc8c(c7)c7ccccc7n8-c7ccccc7)ccc65)n4)ccc32)cc1. The van der Waals surface area contributed by atoms with Crippen LogP contribution in [0.4, 0.5) is 0 Å². The lowest BCUT2D eigenvalue weighted by Gasteiger charge is -2.14. The maximum Gasteiger partial charge on any atom is 0.241 e. The van der Waals surface area contributed by atoms with Gasteiger partial charge in [0.15, 0.2) is 0 Å². The smallest absolute Gasteiger partial charge is 0.241 e. The summed E-state index contributed by atoms with van der Waals surface area (Å²) in [5, 5.41) is 18.0. The first-order chi connectivity index (χ1) is 66.4. The van der Waals surface area contributed by atoms with Gasteiger partial charge in [-0.25, -0.2) is 0 Å². The Morgan fingerprint density at radius 1 is 0.127 bits per heavy atom. The quantitative estimate of drug-likeness (QED) is 0.122. The van der Waals surface area contributed by atoms with E-state index in [4.69, 9.17) is 19.4 Å². The number of furan rings is 1. The van der Waals surface area contributed by atoms with E-state index in [1.165, 1.54) is 43.1 Å². The molecule has 0 unspecified atom stereocenters. The van der Waals surface area contributed by atoms with Crippen molar-refractivity contribution in [2.75, 3.05) is 0 Å². The Morgan fingerprint density at radius 3 is 0.552 bits per heavy atom. The van der Waals surface area contributed by atoms with Gasteiger partial charge in [-0.15, -0.1) is 0 Å². The Balaban J connectivity index is 0.684. The molecule has 0 aliphatic rings. The van der Waals surface area contributed by atoms with Crippen molar-refractivity contribution in [1.82, 2.24) is 46.9 Å². The van der Waals surface area contributed by atoms with Crippen LogP contribution < -0.4 is 0 Å². The van der Waals surface area contributed by atoms with E-state index in [1.807, 2.05) is 12.1 Å². The van der Waals surface area contributed by atoms with Crippen LogP contribution >= 0.6 is 0 Å².